The van der Waals surface area contributed by atoms with E-state index in [4.69, 9.17) is 15.0 Å². The quantitative estimate of drug-likeness (QED) is 0.159. The summed E-state index contributed by atoms with van der Waals surface area (Å²) in [5.74, 6) is 1.96. The average Bonchev–Trinajstić information content (AvgIpc) is 3.61. The van der Waals surface area contributed by atoms with Crippen molar-refractivity contribution in [1.82, 2.24) is 15.0 Å². The molecule has 0 N–H and O–H groups in total. The van der Waals surface area contributed by atoms with Crippen molar-refractivity contribution >= 4 is 50.4 Å². The van der Waals surface area contributed by atoms with Gasteiger partial charge in [-0.1, -0.05) is 206 Å². The average molecular weight is 742 g/mol. The van der Waals surface area contributed by atoms with Gasteiger partial charge in [0.05, 0.1) is 0 Å². The van der Waals surface area contributed by atoms with E-state index >= 15 is 0 Å². The third-order valence-electron chi connectivity index (χ3n) is 11.6. The van der Waals surface area contributed by atoms with Crippen LogP contribution in [0.4, 0.5) is 0 Å². The Hall–Kier alpha value is -7.27. The third kappa shape index (κ3) is 5.37. The van der Waals surface area contributed by atoms with Crippen LogP contribution in [0.2, 0.25) is 0 Å². The van der Waals surface area contributed by atoms with Crippen molar-refractivity contribution in [1.29, 1.82) is 0 Å². The van der Waals surface area contributed by atoms with E-state index in [0.717, 1.165) is 22.3 Å². The minimum absolute atomic E-state index is 0.646. The zero-order valence-corrected chi connectivity index (χ0v) is 32.0. The Bertz CT molecular complexity index is 3070. The molecule has 1 aliphatic heterocycles. The van der Waals surface area contributed by atoms with Gasteiger partial charge < -0.3 is 0 Å². The Balaban J connectivity index is 1.16. The van der Waals surface area contributed by atoms with Gasteiger partial charge in [-0.05, 0) is 70.6 Å². The molecule has 0 radical (unpaired) electrons. The van der Waals surface area contributed by atoms with Crippen LogP contribution < -0.4 is 20.7 Å². The number of rotatable bonds is 6. The summed E-state index contributed by atoms with van der Waals surface area (Å²) in [7, 11) is -2.79. The SMILES string of the molecule is c1ccc(-c2nc(-c3ccc(-c4ccc5ccccc5c4)cc3)nc(-c3cccc4c3-c3c(ccc5ccccc35)[Si]4(c3ccccc3)c3ccccc3)n2)cc1. The van der Waals surface area contributed by atoms with Gasteiger partial charge in [0, 0.05) is 16.7 Å². The fraction of sp³-hybridized carbons (Fsp3) is 0. The second-order valence-corrected chi connectivity index (χ2v) is 18.5. The molecule has 2 heterocycles. The molecule has 0 bridgehead atoms. The zero-order chi connectivity index (χ0) is 37.8. The van der Waals surface area contributed by atoms with Crippen LogP contribution in [0, 0.1) is 0 Å². The molecule has 11 rings (SSSR count). The van der Waals surface area contributed by atoms with Gasteiger partial charge in [-0.15, -0.1) is 0 Å². The molecule has 3 nitrogen and oxygen atoms in total. The van der Waals surface area contributed by atoms with Crippen LogP contribution in [0.15, 0.2) is 212 Å². The van der Waals surface area contributed by atoms with Gasteiger partial charge in [0.1, 0.15) is 0 Å². The van der Waals surface area contributed by atoms with Crippen LogP contribution in [0.3, 0.4) is 0 Å². The molecule has 266 valence electrons. The molecule has 10 aromatic rings. The number of nitrogens with zero attached hydrogens (tertiary/aromatic N) is 3. The van der Waals surface area contributed by atoms with Crippen LogP contribution in [-0.2, 0) is 0 Å². The number of fused-ring (bicyclic) bond motifs is 6. The van der Waals surface area contributed by atoms with Gasteiger partial charge in [-0.3, -0.25) is 0 Å². The number of hydrogen-bond acceptors (Lipinski definition) is 3. The maximum atomic E-state index is 5.36. The second kappa shape index (κ2) is 13.5. The Morgan fingerprint density at radius 2 is 0.807 bits per heavy atom. The van der Waals surface area contributed by atoms with E-state index in [9.17, 15) is 0 Å². The molecule has 4 heteroatoms. The normalized spacial score (nSPS) is 12.7. The highest BCUT2D eigenvalue weighted by Crippen LogP contribution is 2.40. The molecular formula is C53H35N3Si. The van der Waals surface area contributed by atoms with Crippen molar-refractivity contribution in [2.45, 2.75) is 0 Å². The smallest absolute Gasteiger partial charge is 0.180 e. The standard InChI is InChI=1S/C53H35N3Si/c1-4-17-39(18-5-1)51-54-52(40-30-27-37(28-31-40)42-32-29-36-15-10-11-19-41(36)35-42)56-53(55-51)46-25-14-26-47-50(46)49-45-24-13-12-16-38(45)33-34-48(49)57(47,43-20-6-2-7-21-43)44-22-8-3-9-23-44/h1-35H. The summed E-state index contributed by atoms with van der Waals surface area (Å²) in [4.78, 5) is 15.8. The van der Waals surface area contributed by atoms with Crippen LogP contribution in [0.25, 0.3) is 78.0 Å². The number of aromatic nitrogens is 3. The topological polar surface area (TPSA) is 38.7 Å². The first-order valence-corrected chi connectivity index (χ1v) is 21.4. The maximum absolute atomic E-state index is 5.36. The molecule has 0 saturated heterocycles. The Morgan fingerprint density at radius 3 is 1.51 bits per heavy atom. The lowest BCUT2D eigenvalue weighted by molar-refractivity contribution is 1.07. The summed E-state index contributed by atoms with van der Waals surface area (Å²) in [6.45, 7) is 0. The second-order valence-electron chi connectivity index (χ2n) is 14.7. The molecule has 0 saturated carbocycles. The fourth-order valence-corrected chi connectivity index (χ4v) is 14.2. The number of hydrogen-bond donors (Lipinski definition) is 0. The van der Waals surface area contributed by atoms with E-state index in [1.54, 1.807) is 0 Å². The zero-order valence-electron chi connectivity index (χ0n) is 31.0. The fourth-order valence-electron chi connectivity index (χ4n) is 9.01. The summed E-state index contributed by atoms with van der Waals surface area (Å²) < 4.78 is 0. The summed E-state index contributed by atoms with van der Waals surface area (Å²) in [5, 5.41) is 10.4. The van der Waals surface area contributed by atoms with Crippen molar-refractivity contribution in [2.75, 3.05) is 0 Å². The molecular weight excluding hydrogens is 707 g/mol. The van der Waals surface area contributed by atoms with Gasteiger partial charge in [-0.2, -0.15) is 0 Å². The maximum Gasteiger partial charge on any atom is 0.180 e. The van der Waals surface area contributed by atoms with Gasteiger partial charge >= 0.3 is 0 Å². The Labute approximate surface area is 332 Å². The minimum Gasteiger partial charge on any atom is -0.208 e. The van der Waals surface area contributed by atoms with E-state index in [1.165, 1.54) is 59.0 Å². The van der Waals surface area contributed by atoms with Crippen molar-refractivity contribution in [3.05, 3.63) is 212 Å². The summed E-state index contributed by atoms with van der Waals surface area (Å²) in [6, 6.07) is 76.6. The lowest BCUT2D eigenvalue weighted by Crippen LogP contribution is -2.72. The first-order chi connectivity index (χ1) is 28.3. The molecule has 0 unspecified atom stereocenters. The molecule has 1 aromatic heterocycles. The van der Waals surface area contributed by atoms with Crippen LogP contribution >= 0.6 is 0 Å². The highest BCUT2D eigenvalue weighted by Gasteiger charge is 2.50. The van der Waals surface area contributed by atoms with Gasteiger partial charge in [0.2, 0.25) is 0 Å². The Kier molecular flexibility index (Phi) is 7.83. The molecule has 9 aromatic carbocycles. The third-order valence-corrected chi connectivity index (χ3v) is 16.4. The summed E-state index contributed by atoms with van der Waals surface area (Å²) in [5.41, 5.74) is 7.72. The number of benzene rings is 9. The van der Waals surface area contributed by atoms with Crippen LogP contribution in [0.1, 0.15) is 0 Å². The molecule has 0 spiro atoms. The van der Waals surface area contributed by atoms with E-state index < -0.39 is 8.07 Å². The van der Waals surface area contributed by atoms with Crippen LogP contribution in [0.5, 0.6) is 0 Å². The molecule has 0 fully saturated rings. The minimum atomic E-state index is -2.79. The van der Waals surface area contributed by atoms with E-state index in [1.807, 2.05) is 18.2 Å². The molecule has 0 amide bonds. The Morgan fingerprint density at radius 1 is 0.298 bits per heavy atom. The summed E-state index contributed by atoms with van der Waals surface area (Å²) >= 11 is 0. The van der Waals surface area contributed by atoms with Gasteiger partial charge in [0.15, 0.2) is 25.5 Å². The lowest BCUT2D eigenvalue weighted by Gasteiger charge is -2.31. The molecule has 0 aliphatic carbocycles. The van der Waals surface area contributed by atoms with E-state index in [0.29, 0.717) is 17.5 Å². The van der Waals surface area contributed by atoms with E-state index in [2.05, 4.69) is 194 Å². The largest absolute Gasteiger partial charge is 0.208 e. The molecule has 0 atom stereocenters. The van der Waals surface area contributed by atoms with Crippen molar-refractivity contribution in [3.63, 3.8) is 0 Å². The molecule has 1 aliphatic rings. The highest BCUT2D eigenvalue weighted by molar-refractivity contribution is 7.22. The monoisotopic (exact) mass is 741 g/mol. The summed E-state index contributed by atoms with van der Waals surface area (Å²) in [6.07, 6.45) is 0. The highest BCUT2D eigenvalue weighted by atomic mass is 28.3. The first-order valence-electron chi connectivity index (χ1n) is 19.4. The van der Waals surface area contributed by atoms with E-state index in [-0.39, 0.29) is 0 Å². The lowest BCUT2D eigenvalue weighted by atomic mass is 9.94. The van der Waals surface area contributed by atoms with Crippen molar-refractivity contribution < 1.29 is 0 Å². The predicted molar refractivity (Wildman–Crippen MR) is 239 cm³/mol. The first kappa shape index (κ1) is 33.1. The molecule has 57 heavy (non-hydrogen) atoms. The van der Waals surface area contributed by atoms with Gasteiger partial charge in [0.25, 0.3) is 0 Å². The van der Waals surface area contributed by atoms with Crippen LogP contribution in [-0.4, -0.2) is 23.0 Å². The predicted octanol–water partition coefficient (Wildman–Crippen LogP) is 10.2. The van der Waals surface area contributed by atoms with Crippen molar-refractivity contribution in [3.8, 4) is 56.4 Å². The van der Waals surface area contributed by atoms with Gasteiger partial charge in [-0.25, -0.2) is 15.0 Å². The van der Waals surface area contributed by atoms with Crippen molar-refractivity contribution in [2.24, 2.45) is 0 Å².